The number of hydrogen-bond donors (Lipinski definition) is 1. The zero-order chi connectivity index (χ0) is 24.7. The van der Waals surface area contributed by atoms with Crippen molar-refractivity contribution in [1.82, 2.24) is 19.4 Å². The van der Waals surface area contributed by atoms with E-state index in [0.29, 0.717) is 31.9 Å². The van der Waals surface area contributed by atoms with Crippen molar-refractivity contribution in [3.05, 3.63) is 24.3 Å². The molecule has 1 N–H and O–H groups in total. The summed E-state index contributed by atoms with van der Waals surface area (Å²) >= 11 is 0. The summed E-state index contributed by atoms with van der Waals surface area (Å²) in [5, 5.41) is 2.99. The highest BCUT2D eigenvalue weighted by Gasteiger charge is 2.35. The lowest BCUT2D eigenvalue weighted by Crippen LogP contribution is -2.46. The van der Waals surface area contributed by atoms with Gasteiger partial charge in [0.15, 0.2) is 0 Å². The molecule has 0 aromatic heterocycles. The van der Waals surface area contributed by atoms with Gasteiger partial charge in [0, 0.05) is 64.5 Å². The molecule has 34 heavy (non-hydrogen) atoms. The van der Waals surface area contributed by atoms with Gasteiger partial charge in [-0.05, 0) is 43.8 Å². The number of carbonyl (C=O) groups is 2. The van der Waals surface area contributed by atoms with E-state index in [1.165, 1.54) is 16.4 Å². The number of nitrogens with one attached hydrogen (secondary N) is 1. The molecule has 2 saturated heterocycles. The summed E-state index contributed by atoms with van der Waals surface area (Å²) in [7, 11) is -3.54. The highest BCUT2D eigenvalue weighted by Crippen LogP contribution is 2.27. The van der Waals surface area contributed by atoms with Crippen molar-refractivity contribution in [1.29, 1.82) is 0 Å². The van der Waals surface area contributed by atoms with Gasteiger partial charge in [0.25, 0.3) is 0 Å². The second-order valence-electron chi connectivity index (χ2n) is 8.91. The number of nitrogens with zero attached hydrogens (tertiary/aromatic N) is 4. The van der Waals surface area contributed by atoms with E-state index in [-0.39, 0.29) is 29.0 Å². The molecule has 9 nitrogen and oxygen atoms in total. The van der Waals surface area contributed by atoms with Gasteiger partial charge in [-0.3, -0.25) is 9.59 Å². The SMILES string of the molecule is CCN1CCN(CCCNC(=O)C2CC(=O)N(c3ccc(S(=O)(=O)N(CC)CC)cc3)C2)CC1. The molecule has 3 rings (SSSR count). The molecule has 1 atom stereocenters. The van der Waals surface area contributed by atoms with Crippen LogP contribution in [0, 0.1) is 5.92 Å². The van der Waals surface area contributed by atoms with Crippen molar-refractivity contribution < 1.29 is 18.0 Å². The molecule has 1 aromatic carbocycles. The fourth-order valence-corrected chi connectivity index (χ4v) is 6.09. The number of carbonyl (C=O) groups excluding carboxylic acids is 2. The van der Waals surface area contributed by atoms with Crippen LogP contribution in [0.4, 0.5) is 5.69 Å². The fraction of sp³-hybridized carbons (Fsp3) is 0.667. The van der Waals surface area contributed by atoms with Gasteiger partial charge in [-0.2, -0.15) is 4.31 Å². The maximum absolute atomic E-state index is 12.7. The van der Waals surface area contributed by atoms with Crippen LogP contribution >= 0.6 is 0 Å². The normalized spacial score (nSPS) is 20.3. The Morgan fingerprint density at radius 1 is 1.03 bits per heavy atom. The van der Waals surface area contributed by atoms with Gasteiger partial charge in [0.05, 0.1) is 10.8 Å². The first-order chi connectivity index (χ1) is 16.3. The molecule has 0 radical (unpaired) electrons. The van der Waals surface area contributed by atoms with E-state index in [0.717, 1.165) is 45.7 Å². The molecule has 0 bridgehead atoms. The average Bonchev–Trinajstić information content (AvgIpc) is 3.24. The van der Waals surface area contributed by atoms with Gasteiger partial charge in [-0.15, -0.1) is 0 Å². The summed E-state index contributed by atoms with van der Waals surface area (Å²) < 4.78 is 26.7. The van der Waals surface area contributed by atoms with E-state index in [1.807, 2.05) is 0 Å². The van der Waals surface area contributed by atoms with Gasteiger partial charge in [0.1, 0.15) is 0 Å². The third kappa shape index (κ3) is 6.35. The van der Waals surface area contributed by atoms with E-state index in [9.17, 15) is 18.0 Å². The Hall–Kier alpha value is -2.01. The van der Waals surface area contributed by atoms with Crippen molar-refractivity contribution in [3.63, 3.8) is 0 Å². The monoisotopic (exact) mass is 493 g/mol. The summed E-state index contributed by atoms with van der Waals surface area (Å²) in [4.78, 5) is 31.9. The van der Waals surface area contributed by atoms with Gasteiger partial charge in [0.2, 0.25) is 21.8 Å². The smallest absolute Gasteiger partial charge is 0.243 e. The summed E-state index contributed by atoms with van der Waals surface area (Å²) in [6, 6.07) is 6.35. The van der Waals surface area contributed by atoms with Crippen LogP contribution in [0.15, 0.2) is 29.2 Å². The Labute approximate surface area is 204 Å². The quantitative estimate of drug-likeness (QED) is 0.466. The summed E-state index contributed by atoms with van der Waals surface area (Å²) in [6.07, 6.45) is 1.06. The molecule has 2 heterocycles. The van der Waals surface area contributed by atoms with E-state index < -0.39 is 10.0 Å². The van der Waals surface area contributed by atoms with Crippen LogP contribution in [0.5, 0.6) is 0 Å². The lowest BCUT2D eigenvalue weighted by molar-refractivity contribution is -0.126. The van der Waals surface area contributed by atoms with Crippen LogP contribution in [-0.2, 0) is 19.6 Å². The van der Waals surface area contributed by atoms with Crippen LogP contribution in [0.3, 0.4) is 0 Å². The van der Waals surface area contributed by atoms with Crippen molar-refractivity contribution in [2.45, 2.75) is 38.5 Å². The largest absolute Gasteiger partial charge is 0.356 e. The predicted molar refractivity (Wildman–Crippen MR) is 133 cm³/mol. The number of amides is 2. The minimum Gasteiger partial charge on any atom is -0.356 e. The Bertz CT molecular complexity index is 925. The van der Waals surface area contributed by atoms with Crippen molar-refractivity contribution >= 4 is 27.5 Å². The fourth-order valence-electron chi connectivity index (χ4n) is 4.63. The number of piperazine rings is 1. The third-order valence-corrected chi connectivity index (χ3v) is 8.91. The standard InChI is InChI=1S/C24H39N5O4S/c1-4-26-14-16-27(17-15-26)13-7-12-25-24(31)20-18-23(30)29(19-20)21-8-10-22(11-9-21)34(32,33)28(5-2)6-3/h8-11,20H,4-7,12-19H2,1-3H3,(H,25,31). The van der Waals surface area contributed by atoms with Crippen LogP contribution in [0.2, 0.25) is 0 Å². The summed E-state index contributed by atoms with van der Waals surface area (Å²) in [6.45, 7) is 13.9. The van der Waals surface area contributed by atoms with E-state index in [1.54, 1.807) is 30.9 Å². The number of hydrogen-bond acceptors (Lipinski definition) is 6. The molecule has 2 amide bonds. The Kier molecular flexibility index (Phi) is 9.47. The van der Waals surface area contributed by atoms with E-state index in [4.69, 9.17) is 0 Å². The van der Waals surface area contributed by atoms with Crippen LogP contribution in [-0.4, -0.2) is 99.8 Å². The number of benzene rings is 1. The van der Waals surface area contributed by atoms with E-state index in [2.05, 4.69) is 22.0 Å². The van der Waals surface area contributed by atoms with Crippen LogP contribution < -0.4 is 10.2 Å². The molecule has 1 unspecified atom stereocenters. The third-order valence-electron chi connectivity index (χ3n) is 6.85. The molecule has 0 aliphatic carbocycles. The summed E-state index contributed by atoms with van der Waals surface area (Å²) in [5.74, 6) is -0.597. The molecule has 190 valence electrons. The first kappa shape index (κ1) is 26.6. The van der Waals surface area contributed by atoms with Crippen LogP contribution in [0.1, 0.15) is 33.6 Å². The molecule has 2 aliphatic rings. The number of rotatable bonds is 11. The zero-order valence-electron chi connectivity index (χ0n) is 20.7. The lowest BCUT2D eigenvalue weighted by Gasteiger charge is -2.34. The van der Waals surface area contributed by atoms with Gasteiger partial charge >= 0.3 is 0 Å². The van der Waals surface area contributed by atoms with Gasteiger partial charge in [-0.25, -0.2) is 8.42 Å². The lowest BCUT2D eigenvalue weighted by atomic mass is 10.1. The van der Waals surface area contributed by atoms with Crippen LogP contribution in [0.25, 0.3) is 0 Å². The minimum absolute atomic E-state index is 0.0904. The highest BCUT2D eigenvalue weighted by atomic mass is 32.2. The molecule has 0 saturated carbocycles. The second kappa shape index (κ2) is 12.1. The molecular formula is C24H39N5O4S. The Morgan fingerprint density at radius 2 is 1.65 bits per heavy atom. The maximum Gasteiger partial charge on any atom is 0.243 e. The average molecular weight is 494 g/mol. The van der Waals surface area contributed by atoms with E-state index >= 15 is 0 Å². The molecule has 0 spiro atoms. The number of anilines is 1. The van der Waals surface area contributed by atoms with Crippen molar-refractivity contribution in [2.75, 3.05) is 70.3 Å². The highest BCUT2D eigenvalue weighted by molar-refractivity contribution is 7.89. The molecular weight excluding hydrogens is 454 g/mol. The summed E-state index contributed by atoms with van der Waals surface area (Å²) in [5.41, 5.74) is 0.616. The molecule has 1 aromatic rings. The molecule has 10 heteroatoms. The number of likely N-dealkylation sites (N-methyl/N-ethyl adjacent to an activating group) is 1. The first-order valence-corrected chi connectivity index (χ1v) is 13.9. The minimum atomic E-state index is -3.54. The first-order valence-electron chi connectivity index (χ1n) is 12.4. The van der Waals surface area contributed by atoms with Gasteiger partial charge in [-0.1, -0.05) is 20.8 Å². The maximum atomic E-state index is 12.7. The zero-order valence-corrected chi connectivity index (χ0v) is 21.5. The second-order valence-corrected chi connectivity index (χ2v) is 10.8. The molecule has 2 fully saturated rings. The topological polar surface area (TPSA) is 93.3 Å². The number of sulfonamides is 1. The molecule has 2 aliphatic heterocycles. The van der Waals surface area contributed by atoms with Crippen molar-refractivity contribution in [3.8, 4) is 0 Å². The Morgan fingerprint density at radius 3 is 2.24 bits per heavy atom. The Balaban J connectivity index is 1.47. The predicted octanol–water partition coefficient (Wildman–Crippen LogP) is 1.21. The van der Waals surface area contributed by atoms with Gasteiger partial charge < -0.3 is 20.0 Å². The van der Waals surface area contributed by atoms with Crippen molar-refractivity contribution in [2.24, 2.45) is 5.92 Å².